The van der Waals surface area contributed by atoms with Crippen molar-refractivity contribution < 1.29 is 28.6 Å². The Kier molecular flexibility index (Phi) is 6.54. The van der Waals surface area contributed by atoms with Gasteiger partial charge in [0.05, 0.1) is 42.1 Å². The fourth-order valence-electron chi connectivity index (χ4n) is 3.30. The zero-order chi connectivity index (χ0) is 24.1. The number of esters is 2. The van der Waals surface area contributed by atoms with Gasteiger partial charge in [-0.25, -0.2) is 14.6 Å². The van der Waals surface area contributed by atoms with Gasteiger partial charge in [0, 0.05) is 5.56 Å². The molecule has 0 saturated carbocycles. The first kappa shape index (κ1) is 22.5. The lowest BCUT2D eigenvalue weighted by molar-refractivity contribution is -0.119. The van der Waals surface area contributed by atoms with Gasteiger partial charge in [-0.2, -0.15) is 0 Å². The predicted molar refractivity (Wildman–Crippen MR) is 125 cm³/mol. The van der Waals surface area contributed by atoms with Gasteiger partial charge in [-0.3, -0.25) is 4.79 Å². The zero-order valence-corrected chi connectivity index (χ0v) is 18.5. The van der Waals surface area contributed by atoms with Gasteiger partial charge < -0.3 is 24.5 Å². The molecule has 0 radical (unpaired) electrons. The molecule has 9 heteroatoms. The SMILES string of the molecule is COC(=O)c1ccccc1NC(=O)COC(=O)c1ccc2nc(-c3ccc(OC)cc3)[nH]c2c1. The Morgan fingerprint density at radius 3 is 2.44 bits per heavy atom. The summed E-state index contributed by atoms with van der Waals surface area (Å²) in [4.78, 5) is 44.3. The number of benzene rings is 3. The molecule has 0 spiro atoms. The van der Waals surface area contributed by atoms with Crippen LogP contribution in [0.15, 0.2) is 66.7 Å². The number of ether oxygens (including phenoxy) is 3. The molecule has 0 aliphatic heterocycles. The first-order chi connectivity index (χ1) is 16.5. The predicted octanol–water partition coefficient (Wildman–Crippen LogP) is 3.82. The van der Waals surface area contributed by atoms with E-state index >= 15 is 0 Å². The third-order valence-corrected chi connectivity index (χ3v) is 5.02. The minimum Gasteiger partial charge on any atom is -0.497 e. The number of aromatic nitrogens is 2. The first-order valence-electron chi connectivity index (χ1n) is 10.3. The van der Waals surface area contributed by atoms with E-state index < -0.39 is 24.5 Å². The highest BCUT2D eigenvalue weighted by Gasteiger charge is 2.16. The normalized spacial score (nSPS) is 10.5. The molecule has 172 valence electrons. The summed E-state index contributed by atoms with van der Waals surface area (Å²) in [5.41, 5.74) is 2.92. The van der Waals surface area contributed by atoms with E-state index in [1.807, 2.05) is 24.3 Å². The largest absolute Gasteiger partial charge is 0.497 e. The van der Waals surface area contributed by atoms with Crippen LogP contribution >= 0.6 is 0 Å². The van der Waals surface area contributed by atoms with Crippen molar-refractivity contribution in [3.05, 3.63) is 77.9 Å². The summed E-state index contributed by atoms with van der Waals surface area (Å²) in [7, 11) is 2.85. The fraction of sp³-hybridized carbons (Fsp3) is 0.120. The first-order valence-corrected chi connectivity index (χ1v) is 10.3. The summed E-state index contributed by atoms with van der Waals surface area (Å²) >= 11 is 0. The number of imidazole rings is 1. The second kappa shape index (κ2) is 9.86. The quantitative estimate of drug-likeness (QED) is 0.403. The molecule has 1 aromatic heterocycles. The van der Waals surface area contributed by atoms with Crippen LogP contribution in [-0.2, 0) is 14.3 Å². The molecule has 0 bridgehead atoms. The van der Waals surface area contributed by atoms with E-state index in [-0.39, 0.29) is 16.8 Å². The number of aromatic amines is 1. The zero-order valence-electron chi connectivity index (χ0n) is 18.5. The van der Waals surface area contributed by atoms with Gasteiger partial charge in [0.15, 0.2) is 6.61 Å². The number of para-hydroxylation sites is 1. The molecule has 0 aliphatic carbocycles. The second-order valence-corrected chi connectivity index (χ2v) is 7.21. The number of carbonyl (C=O) groups is 3. The molecule has 0 saturated heterocycles. The van der Waals surface area contributed by atoms with Crippen LogP contribution in [0.5, 0.6) is 5.75 Å². The monoisotopic (exact) mass is 459 g/mol. The molecule has 0 aliphatic rings. The molecule has 4 rings (SSSR count). The van der Waals surface area contributed by atoms with Crippen molar-refractivity contribution in [3.8, 4) is 17.1 Å². The maximum Gasteiger partial charge on any atom is 0.339 e. The van der Waals surface area contributed by atoms with Crippen LogP contribution in [0.1, 0.15) is 20.7 Å². The average Bonchev–Trinajstić information content (AvgIpc) is 3.30. The Bertz CT molecular complexity index is 1360. The summed E-state index contributed by atoms with van der Waals surface area (Å²) < 4.78 is 15.0. The van der Waals surface area contributed by atoms with E-state index in [9.17, 15) is 14.4 Å². The van der Waals surface area contributed by atoms with Crippen LogP contribution in [-0.4, -0.2) is 48.6 Å². The Morgan fingerprint density at radius 2 is 1.71 bits per heavy atom. The standard InChI is InChI=1S/C25H21N3O6/c1-32-17-10-7-15(8-11-17)23-27-20-12-9-16(13-21(20)28-23)24(30)34-14-22(29)26-19-6-4-3-5-18(19)25(31)33-2/h3-13H,14H2,1-2H3,(H,26,29)(H,27,28). The van der Waals surface area contributed by atoms with E-state index in [1.165, 1.54) is 13.2 Å². The number of methoxy groups -OCH3 is 2. The molecule has 3 aromatic carbocycles. The van der Waals surface area contributed by atoms with E-state index in [0.29, 0.717) is 16.9 Å². The third kappa shape index (κ3) is 4.88. The van der Waals surface area contributed by atoms with Gasteiger partial charge in [-0.05, 0) is 54.6 Å². The fourth-order valence-corrected chi connectivity index (χ4v) is 3.30. The van der Waals surface area contributed by atoms with Crippen LogP contribution in [0.3, 0.4) is 0 Å². The van der Waals surface area contributed by atoms with Gasteiger partial charge >= 0.3 is 11.9 Å². The van der Waals surface area contributed by atoms with Crippen molar-refractivity contribution in [2.75, 3.05) is 26.1 Å². The second-order valence-electron chi connectivity index (χ2n) is 7.21. The molecule has 1 amide bonds. The van der Waals surface area contributed by atoms with Crippen molar-refractivity contribution in [2.24, 2.45) is 0 Å². The number of hydrogen-bond acceptors (Lipinski definition) is 7. The number of H-pyrrole nitrogens is 1. The smallest absolute Gasteiger partial charge is 0.339 e. The molecule has 1 heterocycles. The van der Waals surface area contributed by atoms with Gasteiger partial charge in [0.1, 0.15) is 11.6 Å². The van der Waals surface area contributed by atoms with Crippen molar-refractivity contribution in [1.82, 2.24) is 9.97 Å². The van der Waals surface area contributed by atoms with Crippen molar-refractivity contribution >= 4 is 34.6 Å². The lowest BCUT2D eigenvalue weighted by atomic mass is 10.2. The van der Waals surface area contributed by atoms with Crippen molar-refractivity contribution in [2.45, 2.75) is 0 Å². The number of nitrogens with zero attached hydrogens (tertiary/aromatic N) is 1. The van der Waals surface area contributed by atoms with Gasteiger partial charge in [0.2, 0.25) is 0 Å². The van der Waals surface area contributed by atoms with Gasteiger partial charge in [-0.1, -0.05) is 12.1 Å². The van der Waals surface area contributed by atoms with Crippen LogP contribution in [0.25, 0.3) is 22.4 Å². The van der Waals surface area contributed by atoms with E-state index in [4.69, 9.17) is 14.2 Å². The summed E-state index contributed by atoms with van der Waals surface area (Å²) in [6.07, 6.45) is 0. The molecular formula is C25H21N3O6. The topological polar surface area (TPSA) is 120 Å². The minimum absolute atomic E-state index is 0.196. The molecule has 4 aromatic rings. The Morgan fingerprint density at radius 1 is 0.941 bits per heavy atom. The van der Waals surface area contributed by atoms with Crippen LogP contribution in [0, 0.1) is 0 Å². The van der Waals surface area contributed by atoms with E-state index in [0.717, 1.165) is 11.3 Å². The van der Waals surface area contributed by atoms with Crippen molar-refractivity contribution in [1.29, 1.82) is 0 Å². The summed E-state index contributed by atoms with van der Waals surface area (Å²) in [6, 6.07) is 18.7. The third-order valence-electron chi connectivity index (χ3n) is 5.02. The maximum atomic E-state index is 12.5. The molecule has 0 fully saturated rings. The summed E-state index contributed by atoms with van der Waals surface area (Å²) in [6.45, 7) is -0.521. The number of fused-ring (bicyclic) bond motifs is 1. The van der Waals surface area contributed by atoms with E-state index in [1.54, 1.807) is 43.5 Å². The van der Waals surface area contributed by atoms with Crippen LogP contribution in [0.4, 0.5) is 5.69 Å². The van der Waals surface area contributed by atoms with Crippen LogP contribution < -0.4 is 10.1 Å². The molecule has 0 atom stereocenters. The maximum absolute atomic E-state index is 12.5. The number of amides is 1. The van der Waals surface area contributed by atoms with Crippen molar-refractivity contribution in [3.63, 3.8) is 0 Å². The molecule has 2 N–H and O–H groups in total. The number of carbonyl (C=O) groups excluding carboxylic acids is 3. The Balaban J connectivity index is 1.42. The lowest BCUT2D eigenvalue weighted by Crippen LogP contribution is -2.22. The number of nitrogens with one attached hydrogen (secondary N) is 2. The molecular weight excluding hydrogens is 438 g/mol. The minimum atomic E-state index is -0.668. The number of rotatable bonds is 7. The van der Waals surface area contributed by atoms with E-state index in [2.05, 4.69) is 15.3 Å². The molecule has 0 unspecified atom stereocenters. The summed E-state index contributed by atoms with van der Waals surface area (Å²) in [5, 5.41) is 2.55. The molecule has 9 nitrogen and oxygen atoms in total. The van der Waals surface area contributed by atoms with Gasteiger partial charge in [0.25, 0.3) is 5.91 Å². The Labute approximate surface area is 194 Å². The highest BCUT2D eigenvalue weighted by molar-refractivity contribution is 6.02. The average molecular weight is 459 g/mol. The summed E-state index contributed by atoms with van der Waals surface area (Å²) in [5.74, 6) is -0.461. The number of anilines is 1. The highest BCUT2D eigenvalue weighted by Crippen LogP contribution is 2.23. The lowest BCUT2D eigenvalue weighted by Gasteiger charge is -2.10. The van der Waals surface area contributed by atoms with Crippen LogP contribution in [0.2, 0.25) is 0 Å². The molecule has 34 heavy (non-hydrogen) atoms. The Hall–Kier alpha value is -4.66. The highest BCUT2D eigenvalue weighted by atomic mass is 16.5. The van der Waals surface area contributed by atoms with Gasteiger partial charge in [-0.15, -0.1) is 0 Å². The number of hydrogen-bond donors (Lipinski definition) is 2.